The number of amides is 1. The third-order valence-electron chi connectivity index (χ3n) is 3.15. The number of halogens is 1. The van der Waals surface area contributed by atoms with E-state index in [1.54, 1.807) is 0 Å². The number of carbonyl (C=O) groups is 1. The number of hydrogen-bond donors (Lipinski definition) is 2. The molecule has 0 bridgehead atoms. The molecule has 0 aliphatic carbocycles. The highest BCUT2D eigenvalue weighted by Gasteiger charge is 2.43. The molecule has 2 aliphatic heterocycles. The van der Waals surface area contributed by atoms with Crippen molar-refractivity contribution >= 4 is 29.0 Å². The lowest BCUT2D eigenvalue weighted by atomic mass is 9.87. The molecule has 0 saturated carbocycles. The summed E-state index contributed by atoms with van der Waals surface area (Å²) in [7, 11) is 0. The quantitative estimate of drug-likeness (QED) is 0.677. The van der Waals surface area contributed by atoms with Gasteiger partial charge in [0, 0.05) is 26.1 Å². The molecule has 1 amide bonds. The monoisotopic (exact) mass is 254 g/mol. The van der Waals surface area contributed by atoms with Crippen LogP contribution < -0.4 is 10.6 Å². The standard InChI is InChI=1S/C10H11ClN4O2/c11-9-12-5-6-7(14-9)15-10(8(16)13-6)1-3-17-4-2-10/h5H,1-4H2,(H,13,16)(H,12,14,15). The minimum absolute atomic E-state index is 0.0563. The van der Waals surface area contributed by atoms with Crippen molar-refractivity contribution in [1.82, 2.24) is 9.97 Å². The smallest absolute Gasteiger partial charge is 0.250 e. The van der Waals surface area contributed by atoms with Crippen LogP contribution in [0.5, 0.6) is 0 Å². The van der Waals surface area contributed by atoms with Crippen molar-refractivity contribution in [3.63, 3.8) is 0 Å². The molecule has 1 aromatic heterocycles. The second-order valence-corrected chi connectivity index (χ2v) is 4.51. The van der Waals surface area contributed by atoms with Gasteiger partial charge >= 0.3 is 0 Å². The van der Waals surface area contributed by atoms with Crippen LogP contribution in [0, 0.1) is 0 Å². The van der Waals surface area contributed by atoms with Crippen LogP contribution in [0.1, 0.15) is 12.8 Å². The third-order valence-corrected chi connectivity index (χ3v) is 3.33. The zero-order valence-electron chi connectivity index (χ0n) is 8.99. The Bertz CT molecular complexity index is 473. The van der Waals surface area contributed by atoms with E-state index in [9.17, 15) is 4.79 Å². The van der Waals surface area contributed by atoms with Gasteiger partial charge in [-0.1, -0.05) is 0 Å². The zero-order chi connectivity index (χ0) is 11.9. The van der Waals surface area contributed by atoms with E-state index >= 15 is 0 Å². The molecule has 17 heavy (non-hydrogen) atoms. The maximum Gasteiger partial charge on any atom is 0.250 e. The van der Waals surface area contributed by atoms with Gasteiger partial charge in [0.25, 0.3) is 0 Å². The van der Waals surface area contributed by atoms with Gasteiger partial charge in [0.1, 0.15) is 11.2 Å². The fourth-order valence-corrected chi connectivity index (χ4v) is 2.28. The fourth-order valence-electron chi connectivity index (χ4n) is 2.14. The lowest BCUT2D eigenvalue weighted by molar-refractivity contribution is -0.123. The molecule has 1 fully saturated rings. The van der Waals surface area contributed by atoms with Crippen molar-refractivity contribution in [2.45, 2.75) is 18.4 Å². The number of ether oxygens (including phenoxy) is 1. The van der Waals surface area contributed by atoms with E-state index in [1.165, 1.54) is 6.20 Å². The predicted octanol–water partition coefficient (Wildman–Crippen LogP) is 1.04. The zero-order valence-corrected chi connectivity index (χ0v) is 9.75. The molecule has 2 N–H and O–H groups in total. The van der Waals surface area contributed by atoms with Crippen LogP contribution >= 0.6 is 11.6 Å². The second kappa shape index (κ2) is 3.82. The van der Waals surface area contributed by atoms with Gasteiger partial charge in [-0.2, -0.15) is 4.98 Å². The molecule has 1 aromatic rings. The summed E-state index contributed by atoms with van der Waals surface area (Å²) in [6, 6.07) is 0. The molecule has 2 aliphatic rings. The minimum atomic E-state index is -0.622. The Kier molecular flexibility index (Phi) is 2.41. The van der Waals surface area contributed by atoms with Crippen LogP contribution in [-0.4, -0.2) is 34.6 Å². The van der Waals surface area contributed by atoms with Gasteiger partial charge in [0.2, 0.25) is 11.2 Å². The minimum Gasteiger partial charge on any atom is -0.381 e. The van der Waals surface area contributed by atoms with Crippen molar-refractivity contribution in [2.24, 2.45) is 0 Å². The highest BCUT2D eigenvalue weighted by atomic mass is 35.5. The first-order valence-electron chi connectivity index (χ1n) is 5.40. The number of carbonyl (C=O) groups excluding carboxylic acids is 1. The van der Waals surface area contributed by atoms with E-state index in [0.29, 0.717) is 37.6 Å². The number of hydrogen-bond acceptors (Lipinski definition) is 5. The van der Waals surface area contributed by atoms with E-state index in [1.807, 2.05) is 0 Å². The highest BCUT2D eigenvalue weighted by Crippen LogP contribution is 2.34. The summed E-state index contributed by atoms with van der Waals surface area (Å²) in [4.78, 5) is 20.0. The molecule has 0 atom stereocenters. The van der Waals surface area contributed by atoms with E-state index in [0.717, 1.165) is 0 Å². The molecule has 7 heteroatoms. The number of aromatic nitrogens is 2. The van der Waals surface area contributed by atoms with Gasteiger partial charge in [-0.3, -0.25) is 4.79 Å². The van der Waals surface area contributed by atoms with Gasteiger partial charge in [0.05, 0.1) is 6.20 Å². The highest BCUT2D eigenvalue weighted by molar-refractivity contribution is 6.28. The van der Waals surface area contributed by atoms with Crippen LogP contribution in [0.2, 0.25) is 5.28 Å². The molecule has 3 rings (SSSR count). The summed E-state index contributed by atoms with van der Waals surface area (Å²) >= 11 is 5.74. The maximum atomic E-state index is 12.1. The number of nitrogens with one attached hydrogen (secondary N) is 2. The Morgan fingerprint density at radius 2 is 2.18 bits per heavy atom. The first-order valence-corrected chi connectivity index (χ1v) is 5.77. The van der Waals surface area contributed by atoms with Gasteiger partial charge in [-0.25, -0.2) is 4.98 Å². The van der Waals surface area contributed by atoms with E-state index < -0.39 is 5.54 Å². The van der Waals surface area contributed by atoms with Crippen LogP contribution in [0.15, 0.2) is 6.20 Å². The summed E-state index contributed by atoms with van der Waals surface area (Å²) < 4.78 is 5.28. The average molecular weight is 255 g/mol. The Balaban J connectivity index is 1.98. The Morgan fingerprint density at radius 1 is 1.41 bits per heavy atom. The molecule has 1 saturated heterocycles. The Hall–Kier alpha value is -1.40. The average Bonchev–Trinajstić information content (AvgIpc) is 2.32. The van der Waals surface area contributed by atoms with Crippen molar-refractivity contribution in [3.8, 4) is 0 Å². The van der Waals surface area contributed by atoms with Gasteiger partial charge < -0.3 is 15.4 Å². The lowest BCUT2D eigenvalue weighted by Crippen LogP contribution is -2.55. The number of nitrogens with zero attached hydrogens (tertiary/aromatic N) is 2. The summed E-state index contributed by atoms with van der Waals surface area (Å²) in [5.41, 5.74) is -0.0559. The topological polar surface area (TPSA) is 76.1 Å². The molecule has 0 radical (unpaired) electrons. The van der Waals surface area contributed by atoms with Crippen molar-refractivity contribution in [1.29, 1.82) is 0 Å². The Labute approximate surface area is 103 Å². The van der Waals surface area contributed by atoms with Crippen molar-refractivity contribution < 1.29 is 9.53 Å². The van der Waals surface area contributed by atoms with Crippen LogP contribution in [0.4, 0.5) is 11.5 Å². The largest absolute Gasteiger partial charge is 0.381 e. The van der Waals surface area contributed by atoms with Crippen LogP contribution in [0.3, 0.4) is 0 Å². The molecule has 90 valence electrons. The predicted molar refractivity (Wildman–Crippen MR) is 62.1 cm³/mol. The number of fused-ring (bicyclic) bond motifs is 1. The van der Waals surface area contributed by atoms with Crippen LogP contribution in [0.25, 0.3) is 0 Å². The third kappa shape index (κ3) is 1.73. The first kappa shape index (κ1) is 10.7. The maximum absolute atomic E-state index is 12.1. The molecule has 0 aromatic carbocycles. The second-order valence-electron chi connectivity index (χ2n) is 4.17. The molecule has 6 nitrogen and oxygen atoms in total. The number of rotatable bonds is 0. The van der Waals surface area contributed by atoms with E-state index in [2.05, 4.69) is 20.6 Å². The first-order chi connectivity index (χ1) is 8.20. The fraction of sp³-hybridized carbons (Fsp3) is 0.500. The molecular formula is C10H11ClN4O2. The van der Waals surface area contributed by atoms with Crippen molar-refractivity contribution in [3.05, 3.63) is 11.5 Å². The van der Waals surface area contributed by atoms with Gasteiger partial charge in [-0.15, -0.1) is 0 Å². The SMILES string of the molecule is O=C1Nc2cnc(Cl)nc2NC12CCOCC2. The summed E-state index contributed by atoms with van der Waals surface area (Å²) in [5.74, 6) is 0.519. The lowest BCUT2D eigenvalue weighted by Gasteiger charge is -2.40. The van der Waals surface area contributed by atoms with E-state index in [4.69, 9.17) is 16.3 Å². The summed E-state index contributed by atoms with van der Waals surface area (Å²) in [6.45, 7) is 1.13. The number of anilines is 2. The van der Waals surface area contributed by atoms with Crippen molar-refractivity contribution in [2.75, 3.05) is 23.8 Å². The van der Waals surface area contributed by atoms with Gasteiger partial charge in [0.15, 0.2) is 5.82 Å². The molecule has 3 heterocycles. The van der Waals surface area contributed by atoms with Gasteiger partial charge in [-0.05, 0) is 11.6 Å². The molecule has 0 unspecified atom stereocenters. The summed E-state index contributed by atoms with van der Waals surface area (Å²) in [5, 5.41) is 6.14. The normalized spacial score (nSPS) is 21.6. The summed E-state index contributed by atoms with van der Waals surface area (Å²) in [6.07, 6.45) is 2.75. The van der Waals surface area contributed by atoms with E-state index in [-0.39, 0.29) is 11.2 Å². The van der Waals surface area contributed by atoms with Crippen LogP contribution in [-0.2, 0) is 9.53 Å². The molecular weight excluding hydrogens is 244 g/mol. The molecule has 1 spiro atoms. The Morgan fingerprint density at radius 3 is 2.94 bits per heavy atom.